The molecule has 0 spiro atoms. The van der Waals surface area contributed by atoms with Crippen LogP contribution in [0.1, 0.15) is 36.8 Å². The Hall–Kier alpha value is -1.50. The van der Waals surface area contributed by atoms with Crippen LogP contribution in [0.25, 0.3) is 0 Å². The maximum absolute atomic E-state index is 8.78. The van der Waals surface area contributed by atoms with E-state index < -0.39 is 0 Å². The molecule has 3 nitrogen and oxygen atoms in total. The van der Waals surface area contributed by atoms with Gasteiger partial charge in [-0.1, -0.05) is 24.7 Å². The largest absolute Gasteiger partial charge is 0.497 e. The number of benzene rings is 1. The Morgan fingerprint density at radius 3 is 2.90 bits per heavy atom. The Kier molecular flexibility index (Phi) is 5.91. The minimum atomic E-state index is 0.0936. The molecule has 0 bridgehead atoms. The van der Waals surface area contributed by atoms with Crippen LogP contribution < -0.4 is 4.74 Å². The summed E-state index contributed by atoms with van der Waals surface area (Å²) in [5, 5.41) is 8.78. The fourth-order valence-electron chi connectivity index (χ4n) is 1.99. The van der Waals surface area contributed by atoms with Crippen molar-refractivity contribution in [3.8, 4) is 17.6 Å². The average Bonchev–Trinajstić information content (AvgIpc) is 3.29. The van der Waals surface area contributed by atoms with Crippen LogP contribution >= 0.6 is 0 Å². The third-order valence-corrected chi connectivity index (χ3v) is 3.40. The molecule has 0 heterocycles. The summed E-state index contributed by atoms with van der Waals surface area (Å²) in [4.78, 5) is 0. The second-order valence-corrected chi connectivity index (χ2v) is 5.08. The highest BCUT2D eigenvalue weighted by molar-refractivity contribution is 5.45. The molecule has 0 aromatic heterocycles. The van der Waals surface area contributed by atoms with Gasteiger partial charge in [0.15, 0.2) is 0 Å². The van der Waals surface area contributed by atoms with Crippen LogP contribution in [0.2, 0.25) is 0 Å². The van der Waals surface area contributed by atoms with E-state index in [0.717, 1.165) is 35.8 Å². The van der Waals surface area contributed by atoms with Crippen LogP contribution in [-0.2, 0) is 11.3 Å². The molecule has 0 unspecified atom stereocenters. The predicted molar refractivity (Wildman–Crippen MR) is 78.6 cm³/mol. The van der Waals surface area contributed by atoms with Gasteiger partial charge in [0.1, 0.15) is 5.75 Å². The van der Waals surface area contributed by atoms with Gasteiger partial charge in [0.05, 0.1) is 20.3 Å². The van der Waals surface area contributed by atoms with Crippen LogP contribution in [0.5, 0.6) is 5.75 Å². The van der Waals surface area contributed by atoms with E-state index in [4.69, 9.17) is 14.6 Å². The van der Waals surface area contributed by atoms with E-state index >= 15 is 0 Å². The summed E-state index contributed by atoms with van der Waals surface area (Å²) in [6, 6.07) is 5.82. The van der Waals surface area contributed by atoms with Crippen molar-refractivity contribution in [2.24, 2.45) is 5.92 Å². The van der Waals surface area contributed by atoms with E-state index in [1.807, 2.05) is 18.2 Å². The van der Waals surface area contributed by atoms with Crippen LogP contribution in [0.3, 0.4) is 0 Å². The number of ether oxygens (including phenoxy) is 2. The first-order valence-corrected chi connectivity index (χ1v) is 7.18. The van der Waals surface area contributed by atoms with Gasteiger partial charge in [-0.2, -0.15) is 0 Å². The number of hydrogen-bond acceptors (Lipinski definition) is 3. The van der Waals surface area contributed by atoms with Gasteiger partial charge in [-0.15, -0.1) is 0 Å². The van der Waals surface area contributed by atoms with E-state index in [2.05, 4.69) is 11.8 Å². The minimum Gasteiger partial charge on any atom is -0.497 e. The fourth-order valence-corrected chi connectivity index (χ4v) is 1.99. The Morgan fingerprint density at radius 1 is 1.35 bits per heavy atom. The smallest absolute Gasteiger partial charge is 0.119 e. The van der Waals surface area contributed by atoms with Crippen molar-refractivity contribution in [1.29, 1.82) is 0 Å². The van der Waals surface area contributed by atoms with Gasteiger partial charge in [0.25, 0.3) is 0 Å². The first kappa shape index (κ1) is 14.9. The highest BCUT2D eigenvalue weighted by Crippen LogP contribution is 2.32. The van der Waals surface area contributed by atoms with Gasteiger partial charge >= 0.3 is 0 Å². The van der Waals surface area contributed by atoms with E-state index in [1.165, 1.54) is 12.8 Å². The number of rotatable bonds is 7. The van der Waals surface area contributed by atoms with Crippen LogP contribution in [0.4, 0.5) is 0 Å². The second kappa shape index (κ2) is 7.94. The van der Waals surface area contributed by atoms with Crippen molar-refractivity contribution in [2.75, 3.05) is 20.3 Å². The highest BCUT2D eigenvalue weighted by Gasteiger charge is 2.20. The first-order chi connectivity index (χ1) is 9.83. The van der Waals surface area contributed by atoms with Gasteiger partial charge in [0, 0.05) is 18.6 Å². The molecule has 1 fully saturated rings. The van der Waals surface area contributed by atoms with Crippen molar-refractivity contribution < 1.29 is 14.6 Å². The summed E-state index contributed by atoms with van der Waals surface area (Å²) in [6.45, 7) is 1.47. The van der Waals surface area contributed by atoms with Crippen molar-refractivity contribution >= 4 is 0 Å². The molecule has 0 saturated heterocycles. The summed E-state index contributed by atoms with van der Waals surface area (Å²) >= 11 is 0. The molecular weight excluding hydrogens is 252 g/mol. The second-order valence-electron chi connectivity index (χ2n) is 5.08. The van der Waals surface area contributed by atoms with E-state index in [0.29, 0.717) is 13.0 Å². The van der Waals surface area contributed by atoms with Crippen molar-refractivity contribution in [3.05, 3.63) is 29.3 Å². The van der Waals surface area contributed by atoms with Gasteiger partial charge in [-0.25, -0.2) is 0 Å². The highest BCUT2D eigenvalue weighted by atomic mass is 16.5. The number of aliphatic hydroxyl groups is 1. The minimum absolute atomic E-state index is 0.0936. The molecule has 1 aliphatic carbocycles. The number of hydrogen-bond donors (Lipinski definition) is 1. The number of aliphatic hydroxyl groups excluding tert-OH is 1. The predicted octanol–water partition coefficient (Wildman–Crippen LogP) is 2.75. The van der Waals surface area contributed by atoms with Gasteiger partial charge in [-0.3, -0.25) is 0 Å². The number of methoxy groups -OCH3 is 1. The lowest BCUT2D eigenvalue weighted by molar-refractivity contribution is 0.115. The molecule has 1 saturated carbocycles. The van der Waals surface area contributed by atoms with Crippen molar-refractivity contribution in [2.45, 2.75) is 32.3 Å². The molecule has 1 aliphatic rings. The molecule has 0 atom stereocenters. The van der Waals surface area contributed by atoms with Gasteiger partial charge < -0.3 is 14.6 Å². The van der Waals surface area contributed by atoms with Crippen molar-refractivity contribution in [1.82, 2.24) is 0 Å². The Labute approximate surface area is 120 Å². The lowest BCUT2D eigenvalue weighted by Gasteiger charge is -2.08. The zero-order valence-corrected chi connectivity index (χ0v) is 12.0. The summed E-state index contributed by atoms with van der Waals surface area (Å²) < 4.78 is 11.0. The lowest BCUT2D eigenvalue weighted by Crippen LogP contribution is -1.99. The molecule has 1 N–H and O–H groups in total. The normalized spacial score (nSPS) is 13.7. The SMILES string of the molecule is COc1ccc(C#CCCO)c(COCCC2CC2)c1. The maximum atomic E-state index is 8.78. The van der Waals surface area contributed by atoms with Crippen LogP contribution in [0.15, 0.2) is 18.2 Å². The van der Waals surface area contributed by atoms with E-state index in [1.54, 1.807) is 7.11 Å². The molecular formula is C17H22O3. The third-order valence-electron chi connectivity index (χ3n) is 3.40. The zero-order chi connectivity index (χ0) is 14.2. The zero-order valence-electron chi connectivity index (χ0n) is 12.0. The average molecular weight is 274 g/mol. The lowest BCUT2D eigenvalue weighted by atomic mass is 10.1. The quantitative estimate of drug-likeness (QED) is 0.614. The molecule has 108 valence electrons. The molecule has 3 heteroatoms. The molecule has 0 radical (unpaired) electrons. The first-order valence-electron chi connectivity index (χ1n) is 7.18. The van der Waals surface area contributed by atoms with Crippen LogP contribution in [0, 0.1) is 17.8 Å². The molecule has 0 aliphatic heterocycles. The Bertz CT molecular complexity index is 481. The summed E-state index contributed by atoms with van der Waals surface area (Å²) in [7, 11) is 1.66. The summed E-state index contributed by atoms with van der Waals surface area (Å²) in [5.41, 5.74) is 2.00. The monoisotopic (exact) mass is 274 g/mol. The summed E-state index contributed by atoms with van der Waals surface area (Å²) in [6.07, 6.45) is 4.38. The maximum Gasteiger partial charge on any atom is 0.119 e. The van der Waals surface area contributed by atoms with Crippen molar-refractivity contribution in [3.63, 3.8) is 0 Å². The molecule has 1 aromatic rings. The molecule has 0 amide bonds. The molecule has 1 aromatic carbocycles. The van der Waals surface area contributed by atoms with Gasteiger partial charge in [0.2, 0.25) is 0 Å². The van der Waals surface area contributed by atoms with E-state index in [9.17, 15) is 0 Å². The topological polar surface area (TPSA) is 38.7 Å². The standard InChI is InChI=1S/C17H22O3/c1-19-17-8-7-15(4-2-3-10-18)16(12-17)13-20-11-9-14-5-6-14/h7-8,12,14,18H,3,5-6,9-11,13H2,1H3. The third kappa shape index (κ3) is 4.88. The Morgan fingerprint density at radius 2 is 2.20 bits per heavy atom. The molecule has 2 rings (SSSR count). The van der Waals surface area contributed by atoms with Gasteiger partial charge in [-0.05, 0) is 36.1 Å². The molecule has 20 heavy (non-hydrogen) atoms. The van der Waals surface area contributed by atoms with Crippen LogP contribution in [-0.4, -0.2) is 25.4 Å². The Balaban J connectivity index is 1.96. The summed E-state index contributed by atoms with van der Waals surface area (Å²) in [5.74, 6) is 7.74. The fraction of sp³-hybridized carbons (Fsp3) is 0.529. The van der Waals surface area contributed by atoms with E-state index in [-0.39, 0.29) is 6.61 Å².